The summed E-state index contributed by atoms with van der Waals surface area (Å²) in [6.45, 7) is 1.13. The molecular formula is C22H12F3N3O. The highest BCUT2D eigenvalue weighted by atomic mass is 19.4. The van der Waals surface area contributed by atoms with Crippen LogP contribution in [0, 0.1) is 34.0 Å². The Labute approximate surface area is 165 Å². The first-order valence-electron chi connectivity index (χ1n) is 8.38. The van der Waals surface area contributed by atoms with Crippen LogP contribution in [-0.4, -0.2) is 6.18 Å². The van der Waals surface area contributed by atoms with Gasteiger partial charge in [0.25, 0.3) is 5.60 Å². The van der Waals surface area contributed by atoms with Crippen LogP contribution < -0.4 is 0 Å². The molecule has 7 heteroatoms. The number of ether oxygens (including phenoxy) is 1. The molecule has 1 aliphatic heterocycles. The topological polar surface area (TPSA) is 80.6 Å². The van der Waals surface area contributed by atoms with Gasteiger partial charge in [0.2, 0.25) is 0 Å². The van der Waals surface area contributed by atoms with Crippen molar-refractivity contribution in [3.05, 3.63) is 82.6 Å². The van der Waals surface area contributed by atoms with Crippen LogP contribution in [-0.2, 0) is 10.3 Å². The standard InChI is InChI=1S/C22H12F3N3O/c1-14-19(13-28)20(17(11-26)12-27)29-21(14,22(23,24)25)18-9-5-8-16(10-18)15-6-3-2-4-7-15/h2-10H,1H3. The number of halogens is 3. The molecule has 1 atom stereocenters. The van der Waals surface area contributed by atoms with Crippen LogP contribution >= 0.6 is 0 Å². The Hall–Kier alpha value is -4.02. The quantitative estimate of drug-likeness (QED) is 0.652. The van der Waals surface area contributed by atoms with Crippen molar-refractivity contribution in [2.24, 2.45) is 0 Å². The van der Waals surface area contributed by atoms with E-state index in [2.05, 4.69) is 0 Å². The molecule has 3 rings (SSSR count). The average Bonchev–Trinajstić information content (AvgIpc) is 3.03. The lowest BCUT2D eigenvalue weighted by molar-refractivity contribution is -0.250. The van der Waals surface area contributed by atoms with E-state index in [0.29, 0.717) is 11.1 Å². The first-order valence-corrected chi connectivity index (χ1v) is 8.38. The van der Waals surface area contributed by atoms with Crippen LogP contribution in [0.5, 0.6) is 0 Å². The summed E-state index contributed by atoms with van der Waals surface area (Å²) < 4.78 is 48.4. The SMILES string of the molecule is CC1=C(C#N)C(=C(C#N)C#N)OC1(c1cccc(-c2ccccc2)c1)C(F)(F)F. The Morgan fingerprint density at radius 2 is 1.55 bits per heavy atom. The molecule has 2 aromatic rings. The molecule has 142 valence electrons. The van der Waals surface area contributed by atoms with Gasteiger partial charge in [-0.05, 0) is 24.1 Å². The smallest absolute Gasteiger partial charge is 0.436 e. The normalized spacial score (nSPS) is 18.4. The van der Waals surface area contributed by atoms with E-state index in [4.69, 9.17) is 15.3 Å². The molecule has 0 aromatic heterocycles. The van der Waals surface area contributed by atoms with Crippen LogP contribution in [0.25, 0.3) is 11.1 Å². The number of alkyl halides is 3. The number of nitrogens with zero attached hydrogens (tertiary/aromatic N) is 3. The van der Waals surface area contributed by atoms with Gasteiger partial charge in [-0.25, -0.2) is 0 Å². The zero-order valence-corrected chi connectivity index (χ0v) is 15.1. The highest BCUT2D eigenvalue weighted by Gasteiger charge is 2.64. The van der Waals surface area contributed by atoms with Gasteiger partial charge in [0.15, 0.2) is 11.3 Å². The number of rotatable bonds is 2. The predicted octanol–water partition coefficient (Wildman–Crippen LogP) is 5.28. The molecule has 1 aliphatic rings. The van der Waals surface area contributed by atoms with E-state index in [1.54, 1.807) is 42.5 Å². The highest BCUT2D eigenvalue weighted by Crippen LogP contribution is 2.55. The van der Waals surface area contributed by atoms with Gasteiger partial charge in [0, 0.05) is 11.1 Å². The second-order valence-corrected chi connectivity index (χ2v) is 6.27. The van der Waals surface area contributed by atoms with Crippen LogP contribution in [0.15, 0.2) is 77.1 Å². The maximum Gasteiger partial charge on any atom is 0.436 e. The molecule has 0 fully saturated rings. The van der Waals surface area contributed by atoms with Crippen molar-refractivity contribution < 1.29 is 17.9 Å². The van der Waals surface area contributed by atoms with Crippen molar-refractivity contribution in [3.63, 3.8) is 0 Å². The summed E-state index contributed by atoms with van der Waals surface area (Å²) in [7, 11) is 0. The van der Waals surface area contributed by atoms with E-state index in [0.717, 1.165) is 6.92 Å². The van der Waals surface area contributed by atoms with E-state index in [-0.39, 0.29) is 5.56 Å². The third kappa shape index (κ3) is 3.02. The fraction of sp³-hybridized carbons (Fsp3) is 0.136. The summed E-state index contributed by atoms with van der Waals surface area (Å²) >= 11 is 0. The Kier molecular flexibility index (Phi) is 4.89. The molecule has 0 spiro atoms. The highest BCUT2D eigenvalue weighted by molar-refractivity contribution is 5.66. The fourth-order valence-corrected chi connectivity index (χ4v) is 3.32. The lowest BCUT2D eigenvalue weighted by Gasteiger charge is -2.33. The first-order chi connectivity index (χ1) is 13.8. The molecule has 4 nitrogen and oxygen atoms in total. The van der Waals surface area contributed by atoms with Gasteiger partial charge in [-0.3, -0.25) is 0 Å². The molecule has 1 unspecified atom stereocenters. The van der Waals surface area contributed by atoms with Crippen LogP contribution in [0.4, 0.5) is 13.2 Å². The van der Waals surface area contributed by atoms with E-state index < -0.39 is 34.3 Å². The summed E-state index contributed by atoms with van der Waals surface area (Å²) in [6.07, 6.45) is -4.95. The Balaban J connectivity index is 2.31. The lowest BCUT2D eigenvalue weighted by Crippen LogP contribution is -2.43. The van der Waals surface area contributed by atoms with Crippen LogP contribution in [0.2, 0.25) is 0 Å². The summed E-state index contributed by atoms with van der Waals surface area (Å²) in [5.74, 6) is -0.655. The Morgan fingerprint density at radius 3 is 2.10 bits per heavy atom. The minimum absolute atomic E-state index is 0.248. The zero-order chi connectivity index (χ0) is 21.2. The number of nitriles is 3. The summed E-state index contributed by atoms with van der Waals surface area (Å²) in [4.78, 5) is 0. The largest absolute Gasteiger partial charge is 0.465 e. The predicted molar refractivity (Wildman–Crippen MR) is 97.3 cm³/mol. The summed E-state index contributed by atoms with van der Waals surface area (Å²) in [5, 5.41) is 27.6. The minimum Gasteiger partial charge on any atom is -0.465 e. The first kappa shape index (κ1) is 19.7. The number of hydrogen-bond acceptors (Lipinski definition) is 4. The second kappa shape index (κ2) is 7.19. The van der Waals surface area contributed by atoms with Gasteiger partial charge >= 0.3 is 6.18 Å². The van der Waals surface area contributed by atoms with Gasteiger partial charge in [-0.15, -0.1) is 0 Å². The van der Waals surface area contributed by atoms with Gasteiger partial charge < -0.3 is 4.74 Å². The van der Waals surface area contributed by atoms with E-state index in [1.807, 2.05) is 0 Å². The molecule has 0 bridgehead atoms. The third-order valence-electron chi connectivity index (χ3n) is 4.72. The van der Waals surface area contributed by atoms with Crippen molar-refractivity contribution in [3.8, 4) is 29.3 Å². The monoisotopic (exact) mass is 391 g/mol. The molecule has 0 radical (unpaired) electrons. The van der Waals surface area contributed by atoms with Gasteiger partial charge in [-0.1, -0.05) is 48.5 Å². The molecule has 0 saturated carbocycles. The second-order valence-electron chi connectivity index (χ2n) is 6.27. The molecule has 0 N–H and O–H groups in total. The van der Waals surface area contributed by atoms with Crippen LogP contribution in [0.1, 0.15) is 12.5 Å². The molecule has 0 saturated heterocycles. The maximum absolute atomic E-state index is 14.4. The lowest BCUT2D eigenvalue weighted by atomic mass is 9.84. The molecule has 29 heavy (non-hydrogen) atoms. The van der Waals surface area contributed by atoms with Gasteiger partial charge in [0.1, 0.15) is 18.2 Å². The van der Waals surface area contributed by atoms with Crippen molar-refractivity contribution in [1.82, 2.24) is 0 Å². The Bertz CT molecular complexity index is 1140. The maximum atomic E-state index is 14.4. The van der Waals surface area contributed by atoms with Gasteiger partial charge in [0.05, 0.1) is 5.57 Å². The molecule has 0 amide bonds. The molecule has 1 heterocycles. The summed E-state index contributed by atoms with van der Waals surface area (Å²) in [6, 6.07) is 19.2. The fourth-order valence-electron chi connectivity index (χ4n) is 3.32. The van der Waals surface area contributed by atoms with E-state index in [9.17, 15) is 18.4 Å². The number of hydrogen-bond donors (Lipinski definition) is 0. The third-order valence-corrected chi connectivity index (χ3v) is 4.72. The van der Waals surface area contributed by atoms with Gasteiger partial charge in [-0.2, -0.15) is 29.0 Å². The zero-order valence-electron chi connectivity index (χ0n) is 15.1. The Morgan fingerprint density at radius 1 is 0.931 bits per heavy atom. The number of allylic oxidation sites excluding steroid dienone is 2. The van der Waals surface area contributed by atoms with E-state index >= 15 is 0 Å². The molecular weight excluding hydrogens is 379 g/mol. The van der Waals surface area contributed by atoms with E-state index in [1.165, 1.54) is 30.3 Å². The van der Waals surface area contributed by atoms with Crippen molar-refractivity contribution in [2.45, 2.75) is 18.7 Å². The van der Waals surface area contributed by atoms with Crippen molar-refractivity contribution in [2.75, 3.05) is 0 Å². The van der Waals surface area contributed by atoms with Crippen molar-refractivity contribution in [1.29, 1.82) is 15.8 Å². The molecule has 0 aliphatic carbocycles. The number of benzene rings is 2. The van der Waals surface area contributed by atoms with Crippen molar-refractivity contribution >= 4 is 0 Å². The molecule has 2 aromatic carbocycles. The summed E-state index contributed by atoms with van der Waals surface area (Å²) in [5.41, 5.74) is -3.57. The average molecular weight is 391 g/mol. The minimum atomic E-state index is -4.95. The van der Waals surface area contributed by atoms with Crippen LogP contribution in [0.3, 0.4) is 0 Å².